The highest BCUT2D eigenvalue weighted by Gasteiger charge is 2.33. The quantitative estimate of drug-likeness (QED) is 0.477. The van der Waals surface area contributed by atoms with E-state index < -0.39 is 0 Å². The fourth-order valence-corrected chi connectivity index (χ4v) is 3.92. The number of rotatable bonds is 4. The molecule has 0 aromatic heterocycles. The predicted octanol–water partition coefficient (Wildman–Crippen LogP) is 6.33. The normalized spacial score (nSPS) is 18.7. The van der Waals surface area contributed by atoms with Crippen molar-refractivity contribution in [2.75, 3.05) is 0 Å². The molecule has 0 spiro atoms. The van der Waals surface area contributed by atoms with E-state index in [2.05, 4.69) is 45.9 Å². The van der Waals surface area contributed by atoms with Gasteiger partial charge in [-0.15, -0.1) is 0 Å². The van der Waals surface area contributed by atoms with Gasteiger partial charge in [-0.3, -0.25) is 0 Å². The van der Waals surface area contributed by atoms with Gasteiger partial charge in [-0.1, -0.05) is 64.1 Å². The summed E-state index contributed by atoms with van der Waals surface area (Å²) in [5.41, 5.74) is 4.77. The van der Waals surface area contributed by atoms with E-state index >= 15 is 0 Å². The molecule has 2 heteroatoms. The number of hydrogen-bond acceptors (Lipinski definition) is 2. The van der Waals surface area contributed by atoms with E-state index in [-0.39, 0.29) is 11.4 Å². The number of carbonyl (C=O) groups excluding carboxylic acids is 1. The largest absolute Gasteiger partial charge is 0.431 e. The highest BCUT2D eigenvalue weighted by Crippen LogP contribution is 2.45. The van der Waals surface area contributed by atoms with Crippen LogP contribution in [-0.4, -0.2) is 5.97 Å². The number of carbonyl (C=O) groups is 1. The third kappa shape index (κ3) is 3.90. The lowest BCUT2D eigenvalue weighted by Crippen LogP contribution is -2.28. The van der Waals surface area contributed by atoms with Gasteiger partial charge in [0.15, 0.2) is 0 Å². The second kappa shape index (κ2) is 7.49. The average molecular weight is 348 g/mol. The first kappa shape index (κ1) is 18.4. The molecule has 0 saturated heterocycles. The maximum atomic E-state index is 12.0. The zero-order chi connectivity index (χ0) is 18.7. The van der Waals surface area contributed by atoms with Crippen LogP contribution in [0.25, 0.3) is 6.08 Å². The summed E-state index contributed by atoms with van der Waals surface area (Å²) in [4.78, 5) is 12.0. The van der Waals surface area contributed by atoms with E-state index in [0.29, 0.717) is 17.4 Å². The van der Waals surface area contributed by atoms with Crippen molar-refractivity contribution in [1.82, 2.24) is 0 Å². The van der Waals surface area contributed by atoms with Gasteiger partial charge in [0.2, 0.25) is 0 Å². The van der Waals surface area contributed by atoms with E-state index in [1.807, 2.05) is 24.3 Å². The summed E-state index contributed by atoms with van der Waals surface area (Å²) in [6, 6.07) is 15.7. The lowest BCUT2D eigenvalue weighted by atomic mass is 9.66. The Kier molecular flexibility index (Phi) is 5.31. The maximum absolute atomic E-state index is 12.0. The van der Waals surface area contributed by atoms with Gasteiger partial charge in [0, 0.05) is 0 Å². The van der Waals surface area contributed by atoms with E-state index in [9.17, 15) is 4.79 Å². The number of benzene rings is 2. The van der Waals surface area contributed by atoms with Gasteiger partial charge in [0.25, 0.3) is 0 Å². The zero-order valence-electron chi connectivity index (χ0n) is 16.2. The molecule has 1 unspecified atom stereocenters. The molecule has 0 amide bonds. The van der Waals surface area contributed by atoms with Crippen LogP contribution < -0.4 is 0 Å². The van der Waals surface area contributed by atoms with Gasteiger partial charge in [0.05, 0.1) is 11.8 Å². The van der Waals surface area contributed by atoms with Gasteiger partial charge in [-0.25, -0.2) is 4.79 Å². The minimum absolute atomic E-state index is 0.225. The fraction of sp³-hybridized carbons (Fsp3) is 0.375. The minimum atomic E-state index is -0.332. The number of esters is 1. The van der Waals surface area contributed by atoms with Crippen molar-refractivity contribution in [3.63, 3.8) is 0 Å². The van der Waals surface area contributed by atoms with Crippen molar-refractivity contribution in [2.45, 2.75) is 51.9 Å². The Bertz CT molecular complexity index is 800. The van der Waals surface area contributed by atoms with E-state index in [4.69, 9.17) is 4.74 Å². The molecule has 1 aliphatic rings. The Labute approximate surface area is 156 Å². The first-order chi connectivity index (χ1) is 12.4. The Hall–Kier alpha value is -2.35. The molecule has 0 saturated carbocycles. The van der Waals surface area contributed by atoms with Crippen LogP contribution in [-0.2, 0) is 10.2 Å². The lowest BCUT2D eigenvalue weighted by Gasteiger charge is -2.39. The molecule has 136 valence electrons. The fourth-order valence-electron chi connectivity index (χ4n) is 3.92. The monoisotopic (exact) mass is 348 g/mol. The van der Waals surface area contributed by atoms with Crippen molar-refractivity contribution in [3.05, 3.63) is 77.0 Å². The summed E-state index contributed by atoms with van der Waals surface area (Å²) >= 11 is 0. The Morgan fingerprint density at radius 1 is 1.15 bits per heavy atom. The van der Waals surface area contributed by atoms with Gasteiger partial charge in [-0.05, 0) is 65.0 Å². The van der Waals surface area contributed by atoms with E-state index in [1.165, 1.54) is 30.2 Å². The molecule has 0 radical (unpaired) electrons. The SMILES string of the molecule is CC(C)C1CCC(C)(C)c2ccc(C=COC(=O)c3ccccc3)cc21. The lowest BCUT2D eigenvalue weighted by molar-refractivity contribution is 0.0665. The summed E-state index contributed by atoms with van der Waals surface area (Å²) in [5, 5.41) is 0. The van der Waals surface area contributed by atoms with Crippen LogP contribution >= 0.6 is 0 Å². The van der Waals surface area contributed by atoms with Crippen LogP contribution in [0.3, 0.4) is 0 Å². The van der Waals surface area contributed by atoms with Crippen molar-refractivity contribution in [2.24, 2.45) is 5.92 Å². The van der Waals surface area contributed by atoms with Crippen LogP contribution in [0.5, 0.6) is 0 Å². The minimum Gasteiger partial charge on any atom is -0.431 e. The summed E-state index contributed by atoms with van der Waals surface area (Å²) in [6.07, 6.45) is 5.83. The molecule has 0 heterocycles. The molecule has 26 heavy (non-hydrogen) atoms. The van der Waals surface area contributed by atoms with Crippen LogP contribution in [0.15, 0.2) is 54.8 Å². The molecule has 0 aliphatic heterocycles. The Morgan fingerprint density at radius 2 is 1.88 bits per heavy atom. The van der Waals surface area contributed by atoms with E-state index in [0.717, 1.165) is 5.56 Å². The van der Waals surface area contributed by atoms with Crippen molar-refractivity contribution in [1.29, 1.82) is 0 Å². The van der Waals surface area contributed by atoms with Gasteiger partial charge < -0.3 is 4.74 Å². The van der Waals surface area contributed by atoms with Crippen LogP contribution in [0.2, 0.25) is 0 Å². The van der Waals surface area contributed by atoms with Gasteiger partial charge in [0.1, 0.15) is 0 Å². The molecule has 1 atom stereocenters. The molecule has 0 N–H and O–H groups in total. The second-order valence-electron chi connectivity index (χ2n) is 8.19. The molecule has 2 aromatic rings. The summed E-state index contributed by atoms with van der Waals surface area (Å²) < 4.78 is 5.27. The molecule has 2 aromatic carbocycles. The highest BCUT2D eigenvalue weighted by atomic mass is 16.5. The van der Waals surface area contributed by atoms with Crippen LogP contribution in [0.4, 0.5) is 0 Å². The van der Waals surface area contributed by atoms with Gasteiger partial charge in [-0.2, -0.15) is 0 Å². The predicted molar refractivity (Wildman–Crippen MR) is 107 cm³/mol. The average Bonchev–Trinajstić information content (AvgIpc) is 2.62. The molecule has 0 bridgehead atoms. The third-order valence-electron chi connectivity index (χ3n) is 5.53. The molecule has 1 aliphatic carbocycles. The number of fused-ring (bicyclic) bond motifs is 1. The highest BCUT2D eigenvalue weighted by molar-refractivity contribution is 5.89. The first-order valence-corrected chi connectivity index (χ1v) is 9.45. The molecule has 2 nitrogen and oxygen atoms in total. The number of hydrogen-bond donors (Lipinski definition) is 0. The Balaban J connectivity index is 1.79. The molecule has 3 rings (SSSR count). The van der Waals surface area contributed by atoms with E-state index in [1.54, 1.807) is 12.1 Å². The van der Waals surface area contributed by atoms with Crippen molar-refractivity contribution < 1.29 is 9.53 Å². The molecular weight excluding hydrogens is 320 g/mol. The summed E-state index contributed by atoms with van der Waals surface area (Å²) in [7, 11) is 0. The third-order valence-corrected chi connectivity index (χ3v) is 5.53. The zero-order valence-corrected chi connectivity index (χ0v) is 16.2. The molecule has 0 fully saturated rings. The van der Waals surface area contributed by atoms with Crippen LogP contribution in [0.1, 0.15) is 73.5 Å². The first-order valence-electron chi connectivity index (χ1n) is 9.45. The smallest absolute Gasteiger partial charge is 0.342 e. The summed E-state index contributed by atoms with van der Waals surface area (Å²) in [5.74, 6) is 0.888. The van der Waals surface area contributed by atoms with Crippen molar-refractivity contribution >= 4 is 12.0 Å². The summed E-state index contributed by atoms with van der Waals surface area (Å²) in [6.45, 7) is 9.27. The standard InChI is InChI=1S/C24H28O2/c1-17(2)20-12-14-24(3,4)22-11-10-18(16-21(20)22)13-15-26-23(25)19-8-6-5-7-9-19/h5-11,13,15-17,20H,12,14H2,1-4H3. The second-order valence-corrected chi connectivity index (χ2v) is 8.19. The molecular formula is C24H28O2. The number of ether oxygens (including phenoxy) is 1. The topological polar surface area (TPSA) is 26.3 Å². The van der Waals surface area contributed by atoms with Crippen LogP contribution in [0, 0.1) is 5.92 Å². The van der Waals surface area contributed by atoms with Crippen molar-refractivity contribution in [3.8, 4) is 0 Å². The van der Waals surface area contributed by atoms with Gasteiger partial charge >= 0.3 is 5.97 Å². The maximum Gasteiger partial charge on any atom is 0.342 e. The Morgan fingerprint density at radius 3 is 2.58 bits per heavy atom.